The molecule has 1 amide bonds. The number of aryl methyl sites for hydroxylation is 1. The fourth-order valence-corrected chi connectivity index (χ4v) is 3.89. The van der Waals surface area contributed by atoms with Crippen LogP contribution < -0.4 is 5.32 Å². The number of alkyl halides is 1. The molecule has 0 unspecified atom stereocenters. The minimum Gasteiger partial charge on any atom is -0.351 e. The van der Waals surface area contributed by atoms with Crippen molar-refractivity contribution in [3.63, 3.8) is 0 Å². The second-order valence-corrected chi connectivity index (χ2v) is 6.83. The molecule has 1 fully saturated rings. The van der Waals surface area contributed by atoms with Gasteiger partial charge < -0.3 is 5.32 Å². The van der Waals surface area contributed by atoms with Crippen LogP contribution in [0.2, 0.25) is 5.02 Å². The van der Waals surface area contributed by atoms with Gasteiger partial charge in [-0.15, -0.1) is 0 Å². The Hall–Kier alpha value is -0.540. The third-order valence-corrected chi connectivity index (χ3v) is 5.68. The summed E-state index contributed by atoms with van der Waals surface area (Å²) in [4.78, 5) is 12.3. The Morgan fingerprint density at radius 1 is 1.35 bits per heavy atom. The molecular formula is C16H21BrClNO. The molecule has 1 aliphatic carbocycles. The summed E-state index contributed by atoms with van der Waals surface area (Å²) in [6, 6.07) is 5.40. The van der Waals surface area contributed by atoms with Gasteiger partial charge in [0, 0.05) is 22.5 Å². The van der Waals surface area contributed by atoms with Gasteiger partial charge in [0.2, 0.25) is 0 Å². The number of carbonyl (C=O) groups excluding carboxylic acids is 1. The van der Waals surface area contributed by atoms with Crippen molar-refractivity contribution >= 4 is 33.4 Å². The Kier molecular flexibility index (Phi) is 5.50. The van der Waals surface area contributed by atoms with Crippen molar-refractivity contribution in [1.29, 1.82) is 0 Å². The summed E-state index contributed by atoms with van der Waals surface area (Å²) in [5, 5.41) is 4.74. The number of hydrogen-bond acceptors (Lipinski definition) is 1. The van der Waals surface area contributed by atoms with E-state index in [1.54, 1.807) is 12.1 Å². The average molecular weight is 359 g/mol. The molecule has 0 bridgehead atoms. The first-order valence-electron chi connectivity index (χ1n) is 7.17. The fraction of sp³-hybridized carbons (Fsp3) is 0.562. The van der Waals surface area contributed by atoms with Crippen molar-refractivity contribution < 1.29 is 4.79 Å². The Labute approximate surface area is 134 Å². The topological polar surface area (TPSA) is 29.1 Å². The molecule has 1 aromatic carbocycles. The van der Waals surface area contributed by atoms with Gasteiger partial charge in [-0.05, 0) is 48.9 Å². The van der Waals surface area contributed by atoms with Crippen molar-refractivity contribution in [1.82, 2.24) is 5.32 Å². The molecule has 0 aromatic heterocycles. The Bertz CT molecular complexity index is 483. The smallest absolute Gasteiger partial charge is 0.251 e. The average Bonchev–Trinajstić information content (AvgIpc) is 2.46. The van der Waals surface area contributed by atoms with E-state index in [1.165, 1.54) is 32.1 Å². The normalized spacial score (nSPS) is 17.8. The van der Waals surface area contributed by atoms with E-state index in [0.717, 1.165) is 23.0 Å². The third-order valence-electron chi connectivity index (χ3n) is 4.25. The summed E-state index contributed by atoms with van der Waals surface area (Å²) in [5.74, 6) is 0.00469. The van der Waals surface area contributed by atoms with Crippen molar-refractivity contribution in [3.8, 4) is 0 Å². The lowest BCUT2D eigenvalue weighted by molar-refractivity contribution is 0.0921. The minimum absolute atomic E-state index is 0.00469. The molecule has 0 radical (unpaired) electrons. The van der Waals surface area contributed by atoms with E-state index in [0.29, 0.717) is 5.02 Å². The second kappa shape index (κ2) is 6.95. The van der Waals surface area contributed by atoms with Gasteiger partial charge in [-0.3, -0.25) is 4.79 Å². The number of halogens is 2. The second-order valence-electron chi connectivity index (χ2n) is 5.84. The van der Waals surface area contributed by atoms with Crippen LogP contribution in [0.4, 0.5) is 0 Å². The molecule has 1 aromatic rings. The largest absolute Gasteiger partial charge is 0.351 e. The van der Waals surface area contributed by atoms with Crippen LogP contribution in [0.15, 0.2) is 18.2 Å². The van der Waals surface area contributed by atoms with E-state index < -0.39 is 0 Å². The minimum atomic E-state index is 0.00469. The number of benzene rings is 1. The van der Waals surface area contributed by atoms with Crippen LogP contribution in [-0.2, 0) is 0 Å². The molecule has 2 rings (SSSR count). The molecule has 0 atom stereocenters. The van der Waals surface area contributed by atoms with Crippen LogP contribution in [0.3, 0.4) is 0 Å². The first kappa shape index (κ1) is 15.8. The Balaban J connectivity index is 2.00. The van der Waals surface area contributed by atoms with E-state index in [1.807, 2.05) is 13.0 Å². The summed E-state index contributed by atoms with van der Waals surface area (Å²) >= 11 is 9.56. The number of nitrogens with one attached hydrogen (secondary N) is 1. The summed E-state index contributed by atoms with van der Waals surface area (Å²) in [7, 11) is 0. The Morgan fingerprint density at radius 2 is 2.05 bits per heavy atom. The first-order valence-corrected chi connectivity index (χ1v) is 8.67. The molecule has 0 saturated heterocycles. The van der Waals surface area contributed by atoms with E-state index in [4.69, 9.17) is 11.6 Å². The number of rotatable bonds is 4. The highest BCUT2D eigenvalue weighted by Crippen LogP contribution is 2.37. The molecule has 1 aliphatic rings. The molecule has 110 valence electrons. The van der Waals surface area contributed by atoms with Crippen LogP contribution in [0.1, 0.15) is 48.0 Å². The Morgan fingerprint density at radius 3 is 2.65 bits per heavy atom. The number of carbonyl (C=O) groups is 1. The van der Waals surface area contributed by atoms with E-state index in [-0.39, 0.29) is 11.3 Å². The lowest BCUT2D eigenvalue weighted by atomic mass is 9.75. The zero-order valence-electron chi connectivity index (χ0n) is 11.8. The molecule has 0 aliphatic heterocycles. The van der Waals surface area contributed by atoms with Gasteiger partial charge in [0.1, 0.15) is 0 Å². The molecule has 0 spiro atoms. The van der Waals surface area contributed by atoms with Crippen LogP contribution in [0.25, 0.3) is 0 Å². The van der Waals surface area contributed by atoms with E-state index >= 15 is 0 Å². The predicted octanol–water partition coefficient (Wildman–Crippen LogP) is 4.72. The highest BCUT2D eigenvalue weighted by molar-refractivity contribution is 9.09. The highest BCUT2D eigenvalue weighted by atomic mass is 79.9. The van der Waals surface area contributed by atoms with Gasteiger partial charge in [-0.1, -0.05) is 46.8 Å². The van der Waals surface area contributed by atoms with Gasteiger partial charge in [-0.2, -0.15) is 0 Å². The summed E-state index contributed by atoms with van der Waals surface area (Å²) in [6.07, 6.45) is 6.23. The van der Waals surface area contributed by atoms with Crippen molar-refractivity contribution in [2.45, 2.75) is 39.0 Å². The number of hydrogen-bond donors (Lipinski definition) is 1. The monoisotopic (exact) mass is 357 g/mol. The third kappa shape index (κ3) is 3.76. The summed E-state index contributed by atoms with van der Waals surface area (Å²) < 4.78 is 0. The van der Waals surface area contributed by atoms with E-state index in [9.17, 15) is 4.79 Å². The maximum atomic E-state index is 12.3. The van der Waals surface area contributed by atoms with E-state index in [2.05, 4.69) is 21.2 Å². The summed E-state index contributed by atoms with van der Waals surface area (Å²) in [6.45, 7) is 2.67. The quantitative estimate of drug-likeness (QED) is 0.775. The van der Waals surface area contributed by atoms with Gasteiger partial charge in [-0.25, -0.2) is 0 Å². The molecule has 1 N–H and O–H groups in total. The first-order chi connectivity index (χ1) is 9.56. The lowest BCUT2D eigenvalue weighted by Gasteiger charge is -2.35. The van der Waals surface area contributed by atoms with Crippen LogP contribution >= 0.6 is 27.5 Å². The van der Waals surface area contributed by atoms with Gasteiger partial charge in [0.25, 0.3) is 5.91 Å². The van der Waals surface area contributed by atoms with Crippen LogP contribution in [0, 0.1) is 12.3 Å². The van der Waals surface area contributed by atoms with Gasteiger partial charge in [0.05, 0.1) is 0 Å². The van der Waals surface area contributed by atoms with Crippen LogP contribution in [-0.4, -0.2) is 17.8 Å². The maximum Gasteiger partial charge on any atom is 0.251 e. The van der Waals surface area contributed by atoms with Crippen molar-refractivity contribution in [2.75, 3.05) is 11.9 Å². The lowest BCUT2D eigenvalue weighted by Crippen LogP contribution is -2.40. The van der Waals surface area contributed by atoms with Crippen molar-refractivity contribution in [2.24, 2.45) is 5.41 Å². The number of amides is 1. The summed E-state index contributed by atoms with van der Waals surface area (Å²) in [5.41, 5.74) is 1.87. The molecule has 1 saturated carbocycles. The molecule has 2 nitrogen and oxygen atoms in total. The predicted molar refractivity (Wildman–Crippen MR) is 87.8 cm³/mol. The molecular weight excluding hydrogens is 338 g/mol. The van der Waals surface area contributed by atoms with Crippen molar-refractivity contribution in [3.05, 3.63) is 34.3 Å². The van der Waals surface area contributed by atoms with Gasteiger partial charge >= 0.3 is 0 Å². The standard InChI is InChI=1S/C16H21BrClNO/c1-12-9-13(18)5-6-14(12)15(20)19-11-16(10-17)7-3-2-4-8-16/h5-6,9H,2-4,7-8,10-11H2,1H3,(H,19,20). The maximum absolute atomic E-state index is 12.3. The zero-order chi connectivity index (χ0) is 14.6. The SMILES string of the molecule is Cc1cc(Cl)ccc1C(=O)NCC1(CBr)CCCCC1. The fourth-order valence-electron chi connectivity index (χ4n) is 2.90. The highest BCUT2D eigenvalue weighted by Gasteiger charge is 2.31. The zero-order valence-corrected chi connectivity index (χ0v) is 14.2. The van der Waals surface area contributed by atoms with Crippen LogP contribution in [0.5, 0.6) is 0 Å². The molecule has 20 heavy (non-hydrogen) atoms. The van der Waals surface area contributed by atoms with Gasteiger partial charge in [0.15, 0.2) is 0 Å². The molecule has 0 heterocycles. The molecule has 4 heteroatoms.